The fourth-order valence-electron chi connectivity index (χ4n) is 3.28. The highest BCUT2D eigenvalue weighted by Gasteiger charge is 2.28. The van der Waals surface area contributed by atoms with E-state index in [0.29, 0.717) is 12.2 Å². The Morgan fingerprint density at radius 3 is 2.03 bits per heavy atom. The van der Waals surface area contributed by atoms with Crippen LogP contribution >= 0.6 is 0 Å². The first-order chi connectivity index (χ1) is 14.3. The van der Waals surface area contributed by atoms with E-state index in [1.54, 1.807) is 30.3 Å². The Morgan fingerprint density at radius 2 is 1.53 bits per heavy atom. The predicted octanol–water partition coefficient (Wildman–Crippen LogP) is 3.27. The predicted molar refractivity (Wildman–Crippen MR) is 117 cm³/mol. The topological polar surface area (TPSA) is 104 Å². The molecule has 0 aromatic heterocycles. The van der Waals surface area contributed by atoms with Crippen LogP contribution in [0.5, 0.6) is 0 Å². The summed E-state index contributed by atoms with van der Waals surface area (Å²) >= 11 is 0. The SMILES string of the molecule is CCCN(CCC)C[C@H](O)CN(c1ccccc1)S(=O)(=O)c1ccc([N+](=O)[O-])cc1. The summed E-state index contributed by atoms with van der Waals surface area (Å²) in [6.07, 6.45) is 0.989. The van der Waals surface area contributed by atoms with Crippen LogP contribution in [0.3, 0.4) is 0 Å². The number of para-hydroxylation sites is 1. The third-order valence-electron chi connectivity index (χ3n) is 4.60. The molecule has 0 radical (unpaired) electrons. The van der Waals surface area contributed by atoms with Crippen LogP contribution in [0.15, 0.2) is 59.5 Å². The second-order valence-corrected chi connectivity index (χ2v) is 8.94. The van der Waals surface area contributed by atoms with Gasteiger partial charge in [0.1, 0.15) is 0 Å². The van der Waals surface area contributed by atoms with Gasteiger partial charge in [0.2, 0.25) is 0 Å². The van der Waals surface area contributed by atoms with Gasteiger partial charge in [-0.1, -0.05) is 32.0 Å². The van der Waals surface area contributed by atoms with Gasteiger partial charge in [0, 0.05) is 18.7 Å². The van der Waals surface area contributed by atoms with Crippen LogP contribution in [0, 0.1) is 10.1 Å². The number of nitro groups is 1. The number of non-ortho nitro benzene ring substituents is 1. The zero-order chi connectivity index (χ0) is 22.1. The first-order valence-corrected chi connectivity index (χ1v) is 11.5. The summed E-state index contributed by atoms with van der Waals surface area (Å²) in [5.74, 6) is 0. The average molecular weight is 436 g/mol. The zero-order valence-electron chi connectivity index (χ0n) is 17.3. The Labute approximate surface area is 178 Å². The van der Waals surface area contributed by atoms with E-state index in [1.807, 2.05) is 0 Å². The molecule has 0 saturated heterocycles. The van der Waals surface area contributed by atoms with Gasteiger partial charge >= 0.3 is 0 Å². The smallest absolute Gasteiger partial charge is 0.269 e. The molecule has 0 heterocycles. The molecule has 1 atom stereocenters. The third kappa shape index (κ3) is 6.25. The quantitative estimate of drug-likeness (QED) is 0.405. The third-order valence-corrected chi connectivity index (χ3v) is 6.41. The number of sulfonamides is 1. The molecule has 0 unspecified atom stereocenters. The normalized spacial score (nSPS) is 12.7. The molecule has 0 amide bonds. The summed E-state index contributed by atoms with van der Waals surface area (Å²) in [4.78, 5) is 12.4. The molecule has 2 aromatic rings. The minimum absolute atomic E-state index is 0.0666. The van der Waals surface area contributed by atoms with Gasteiger partial charge in [-0.3, -0.25) is 14.4 Å². The van der Waals surface area contributed by atoms with E-state index in [1.165, 1.54) is 12.1 Å². The maximum Gasteiger partial charge on any atom is 0.269 e. The van der Waals surface area contributed by atoms with Crippen molar-refractivity contribution in [1.82, 2.24) is 4.90 Å². The van der Waals surface area contributed by atoms with Crippen molar-refractivity contribution in [3.63, 3.8) is 0 Å². The van der Waals surface area contributed by atoms with Crippen molar-refractivity contribution >= 4 is 21.4 Å². The highest BCUT2D eigenvalue weighted by molar-refractivity contribution is 7.92. The number of hydrogen-bond acceptors (Lipinski definition) is 6. The van der Waals surface area contributed by atoms with E-state index < -0.39 is 21.1 Å². The number of benzene rings is 2. The van der Waals surface area contributed by atoms with E-state index in [4.69, 9.17) is 0 Å². The van der Waals surface area contributed by atoms with Gasteiger partial charge in [-0.15, -0.1) is 0 Å². The number of aliphatic hydroxyl groups excluding tert-OH is 1. The number of nitrogens with zero attached hydrogens (tertiary/aromatic N) is 3. The maximum atomic E-state index is 13.3. The summed E-state index contributed by atoms with van der Waals surface area (Å²) in [7, 11) is -4.02. The minimum Gasteiger partial charge on any atom is -0.390 e. The lowest BCUT2D eigenvalue weighted by Gasteiger charge is -2.30. The fourth-order valence-corrected chi connectivity index (χ4v) is 4.78. The fraction of sp³-hybridized carbons (Fsp3) is 0.429. The Bertz CT molecular complexity index is 898. The van der Waals surface area contributed by atoms with Crippen LogP contribution in [0.1, 0.15) is 26.7 Å². The number of anilines is 1. The van der Waals surface area contributed by atoms with E-state index in [9.17, 15) is 23.6 Å². The molecule has 0 saturated carbocycles. The molecule has 0 spiro atoms. The Hall–Kier alpha value is -2.49. The van der Waals surface area contributed by atoms with Crippen molar-refractivity contribution in [2.45, 2.75) is 37.7 Å². The van der Waals surface area contributed by atoms with Gasteiger partial charge in [-0.05, 0) is 50.2 Å². The van der Waals surface area contributed by atoms with Crippen LogP contribution in [0.4, 0.5) is 11.4 Å². The Morgan fingerprint density at radius 1 is 0.967 bits per heavy atom. The van der Waals surface area contributed by atoms with E-state index in [0.717, 1.165) is 42.4 Å². The lowest BCUT2D eigenvalue weighted by Crippen LogP contribution is -2.43. The number of nitro benzene ring substituents is 1. The first-order valence-electron chi connectivity index (χ1n) is 10.0. The molecular weight excluding hydrogens is 406 g/mol. The summed E-state index contributed by atoms with van der Waals surface area (Å²) in [5, 5.41) is 21.6. The van der Waals surface area contributed by atoms with Gasteiger partial charge in [-0.25, -0.2) is 8.42 Å². The van der Waals surface area contributed by atoms with Gasteiger partial charge in [0.25, 0.3) is 15.7 Å². The second-order valence-electron chi connectivity index (χ2n) is 7.08. The van der Waals surface area contributed by atoms with Crippen LogP contribution in [0.2, 0.25) is 0 Å². The highest BCUT2D eigenvalue weighted by Crippen LogP contribution is 2.25. The van der Waals surface area contributed by atoms with Crippen LogP contribution in [-0.4, -0.2) is 55.6 Å². The number of rotatable bonds is 12. The summed E-state index contributed by atoms with van der Waals surface area (Å²) in [6.45, 7) is 6.01. The van der Waals surface area contributed by atoms with Crippen LogP contribution < -0.4 is 4.31 Å². The van der Waals surface area contributed by atoms with E-state index in [-0.39, 0.29) is 17.1 Å². The highest BCUT2D eigenvalue weighted by atomic mass is 32.2. The lowest BCUT2D eigenvalue weighted by molar-refractivity contribution is -0.384. The van der Waals surface area contributed by atoms with Crippen LogP contribution in [0.25, 0.3) is 0 Å². The van der Waals surface area contributed by atoms with Crippen molar-refractivity contribution in [2.24, 2.45) is 0 Å². The molecule has 164 valence electrons. The van der Waals surface area contributed by atoms with Crippen molar-refractivity contribution in [1.29, 1.82) is 0 Å². The minimum atomic E-state index is -4.02. The molecule has 30 heavy (non-hydrogen) atoms. The molecule has 8 nitrogen and oxygen atoms in total. The Balaban J connectivity index is 2.32. The van der Waals surface area contributed by atoms with Crippen molar-refractivity contribution in [3.05, 3.63) is 64.7 Å². The Kier molecular flexibility index (Phi) is 8.76. The zero-order valence-corrected chi connectivity index (χ0v) is 18.2. The van der Waals surface area contributed by atoms with Gasteiger partial charge in [0.15, 0.2) is 0 Å². The summed E-state index contributed by atoms with van der Waals surface area (Å²) < 4.78 is 27.8. The molecule has 0 bridgehead atoms. The molecule has 0 aliphatic heterocycles. The van der Waals surface area contributed by atoms with Gasteiger partial charge in [0.05, 0.1) is 28.2 Å². The van der Waals surface area contributed by atoms with E-state index >= 15 is 0 Å². The van der Waals surface area contributed by atoms with Gasteiger partial charge in [-0.2, -0.15) is 0 Å². The molecule has 0 aliphatic carbocycles. The summed E-state index contributed by atoms with van der Waals surface area (Å²) in [5.41, 5.74) is 0.238. The van der Waals surface area contributed by atoms with Crippen molar-refractivity contribution < 1.29 is 18.4 Å². The van der Waals surface area contributed by atoms with E-state index in [2.05, 4.69) is 18.7 Å². The lowest BCUT2D eigenvalue weighted by atomic mass is 10.2. The second kappa shape index (κ2) is 11.1. The first kappa shape index (κ1) is 23.8. The van der Waals surface area contributed by atoms with Crippen LogP contribution in [-0.2, 0) is 10.0 Å². The molecule has 2 rings (SSSR count). The molecular formula is C21H29N3O5S. The standard InChI is InChI=1S/C21H29N3O5S/c1-3-14-22(15-4-2)16-20(25)17-23(18-8-6-5-7-9-18)30(28,29)21-12-10-19(11-13-21)24(26)27/h5-13,20,25H,3-4,14-17H2,1-2H3/t20-/m0/s1. The molecule has 0 aliphatic rings. The average Bonchev–Trinajstić information content (AvgIpc) is 2.73. The molecule has 2 aromatic carbocycles. The number of aliphatic hydroxyl groups is 1. The van der Waals surface area contributed by atoms with Crippen molar-refractivity contribution in [2.75, 3.05) is 30.5 Å². The molecule has 1 N–H and O–H groups in total. The molecule has 0 fully saturated rings. The molecule has 9 heteroatoms. The van der Waals surface area contributed by atoms with Crippen molar-refractivity contribution in [3.8, 4) is 0 Å². The monoisotopic (exact) mass is 435 g/mol. The number of hydrogen-bond donors (Lipinski definition) is 1. The maximum absolute atomic E-state index is 13.3. The summed E-state index contributed by atoms with van der Waals surface area (Å²) in [6, 6.07) is 13.3. The van der Waals surface area contributed by atoms with Gasteiger partial charge < -0.3 is 10.0 Å². The largest absolute Gasteiger partial charge is 0.390 e.